The Morgan fingerprint density at radius 2 is 2.38 bits per heavy atom. The highest BCUT2D eigenvalue weighted by Gasteiger charge is 2.09. The summed E-state index contributed by atoms with van der Waals surface area (Å²) in [5, 5.41) is 8.84. The molecule has 2 rings (SSSR count). The van der Waals surface area contributed by atoms with Crippen LogP contribution in [0.4, 0.5) is 16.2 Å². The summed E-state index contributed by atoms with van der Waals surface area (Å²) in [5.74, 6) is 0. The van der Waals surface area contributed by atoms with E-state index in [1.165, 1.54) is 12.0 Å². The molecule has 0 radical (unpaired) electrons. The molecule has 0 bridgehead atoms. The highest BCUT2D eigenvalue weighted by Crippen LogP contribution is 2.25. The molecule has 0 aliphatic carbocycles. The molecule has 16 heavy (non-hydrogen) atoms. The van der Waals surface area contributed by atoms with E-state index in [0.29, 0.717) is 6.54 Å². The van der Waals surface area contributed by atoms with Crippen molar-refractivity contribution in [1.29, 1.82) is 0 Å². The van der Waals surface area contributed by atoms with Crippen LogP contribution >= 0.6 is 0 Å². The first kappa shape index (κ1) is 10.8. The van der Waals surface area contributed by atoms with Crippen molar-refractivity contribution in [2.24, 2.45) is 0 Å². The maximum absolute atomic E-state index is 11.3. The lowest BCUT2D eigenvalue weighted by atomic mass is 10.0. The highest BCUT2D eigenvalue weighted by atomic mass is 16.2. The van der Waals surface area contributed by atoms with Gasteiger partial charge in [-0.3, -0.25) is 0 Å². The second kappa shape index (κ2) is 4.88. The number of aryl methyl sites for hydroxylation is 1. The number of amides is 2. The van der Waals surface area contributed by atoms with Gasteiger partial charge < -0.3 is 16.0 Å². The largest absolute Gasteiger partial charge is 0.385 e. The van der Waals surface area contributed by atoms with Gasteiger partial charge in [0.2, 0.25) is 0 Å². The van der Waals surface area contributed by atoms with Crippen LogP contribution in [0.25, 0.3) is 0 Å². The smallest absolute Gasteiger partial charge is 0.319 e. The molecular weight excluding hydrogens is 202 g/mol. The minimum absolute atomic E-state index is 0.154. The zero-order chi connectivity index (χ0) is 11.4. The van der Waals surface area contributed by atoms with Crippen LogP contribution in [0.15, 0.2) is 18.2 Å². The van der Waals surface area contributed by atoms with E-state index >= 15 is 0 Å². The van der Waals surface area contributed by atoms with Crippen LogP contribution in [-0.4, -0.2) is 19.1 Å². The number of nitrogens with one attached hydrogen (secondary N) is 3. The molecule has 1 aromatic rings. The van der Waals surface area contributed by atoms with E-state index in [1.807, 2.05) is 19.1 Å². The fourth-order valence-corrected chi connectivity index (χ4v) is 1.87. The first-order valence-electron chi connectivity index (χ1n) is 5.71. The van der Waals surface area contributed by atoms with Crippen molar-refractivity contribution in [3.05, 3.63) is 23.8 Å². The second-order valence-electron chi connectivity index (χ2n) is 3.89. The molecule has 1 aliphatic rings. The normalized spacial score (nSPS) is 13.6. The molecule has 4 nitrogen and oxygen atoms in total. The summed E-state index contributed by atoms with van der Waals surface area (Å²) in [4.78, 5) is 11.3. The zero-order valence-electron chi connectivity index (χ0n) is 9.47. The zero-order valence-corrected chi connectivity index (χ0v) is 9.47. The second-order valence-corrected chi connectivity index (χ2v) is 3.89. The Morgan fingerprint density at radius 1 is 1.50 bits per heavy atom. The van der Waals surface area contributed by atoms with E-state index in [1.54, 1.807) is 0 Å². The van der Waals surface area contributed by atoms with Crippen LogP contribution in [-0.2, 0) is 6.42 Å². The molecule has 86 valence electrons. The van der Waals surface area contributed by atoms with Crippen molar-refractivity contribution >= 4 is 17.4 Å². The molecule has 0 unspecified atom stereocenters. The van der Waals surface area contributed by atoms with Gasteiger partial charge in [0.05, 0.1) is 0 Å². The molecular formula is C12H17N3O. The molecule has 3 N–H and O–H groups in total. The van der Waals surface area contributed by atoms with Gasteiger partial charge in [-0.15, -0.1) is 0 Å². The van der Waals surface area contributed by atoms with E-state index in [-0.39, 0.29) is 6.03 Å². The minimum atomic E-state index is -0.154. The summed E-state index contributed by atoms with van der Waals surface area (Å²) < 4.78 is 0. The molecule has 1 heterocycles. The third-order valence-corrected chi connectivity index (χ3v) is 2.64. The third kappa shape index (κ3) is 2.45. The quantitative estimate of drug-likeness (QED) is 0.714. The number of carbonyl (C=O) groups excluding carboxylic acids is 1. The maximum atomic E-state index is 11.3. The predicted octanol–water partition coefficient (Wildman–Crippen LogP) is 2.19. The van der Waals surface area contributed by atoms with Crippen molar-refractivity contribution < 1.29 is 4.79 Å². The van der Waals surface area contributed by atoms with E-state index in [0.717, 1.165) is 24.3 Å². The molecule has 0 saturated carbocycles. The van der Waals surface area contributed by atoms with Crippen molar-refractivity contribution in [2.45, 2.75) is 19.8 Å². The summed E-state index contributed by atoms with van der Waals surface area (Å²) in [7, 11) is 0. The van der Waals surface area contributed by atoms with Crippen LogP contribution in [0.2, 0.25) is 0 Å². The average molecular weight is 219 g/mol. The molecule has 1 aromatic carbocycles. The lowest BCUT2D eigenvalue weighted by Gasteiger charge is -2.18. The fourth-order valence-electron chi connectivity index (χ4n) is 1.87. The first-order valence-corrected chi connectivity index (χ1v) is 5.71. The Hall–Kier alpha value is -1.71. The number of urea groups is 1. The van der Waals surface area contributed by atoms with Gasteiger partial charge in [-0.2, -0.15) is 0 Å². The topological polar surface area (TPSA) is 53.2 Å². The Labute approximate surface area is 95.4 Å². The number of carbonyl (C=O) groups is 1. The Morgan fingerprint density at radius 3 is 3.19 bits per heavy atom. The predicted molar refractivity (Wildman–Crippen MR) is 65.9 cm³/mol. The van der Waals surface area contributed by atoms with Crippen LogP contribution in [0.5, 0.6) is 0 Å². The van der Waals surface area contributed by atoms with Gasteiger partial charge in [0.15, 0.2) is 0 Å². The van der Waals surface area contributed by atoms with Gasteiger partial charge in [0, 0.05) is 24.5 Å². The van der Waals surface area contributed by atoms with E-state index < -0.39 is 0 Å². The molecule has 2 amide bonds. The third-order valence-electron chi connectivity index (χ3n) is 2.64. The summed E-state index contributed by atoms with van der Waals surface area (Å²) in [6.07, 6.45) is 2.29. The van der Waals surface area contributed by atoms with Crippen LogP contribution < -0.4 is 16.0 Å². The van der Waals surface area contributed by atoms with E-state index in [4.69, 9.17) is 0 Å². The van der Waals surface area contributed by atoms with E-state index in [2.05, 4.69) is 22.0 Å². The van der Waals surface area contributed by atoms with Crippen molar-refractivity contribution in [3.8, 4) is 0 Å². The lowest BCUT2D eigenvalue weighted by Crippen LogP contribution is -2.28. The number of fused-ring (bicyclic) bond motifs is 1. The number of benzene rings is 1. The molecule has 1 aliphatic heterocycles. The van der Waals surface area contributed by atoms with Gasteiger partial charge in [0.25, 0.3) is 0 Å². The van der Waals surface area contributed by atoms with Gasteiger partial charge in [-0.05, 0) is 37.5 Å². The molecule has 0 fully saturated rings. The Kier molecular flexibility index (Phi) is 3.29. The number of hydrogen-bond donors (Lipinski definition) is 3. The summed E-state index contributed by atoms with van der Waals surface area (Å²) in [6.45, 7) is 3.54. The molecule has 0 saturated heterocycles. The first-order chi connectivity index (χ1) is 7.79. The van der Waals surface area contributed by atoms with Crippen molar-refractivity contribution in [2.75, 3.05) is 23.7 Å². The SMILES string of the molecule is CCNC(=O)Nc1ccc2c(c1)NCCC2. The van der Waals surface area contributed by atoms with Gasteiger partial charge in [-0.25, -0.2) is 4.79 Å². The standard InChI is InChI=1S/C12H17N3O/c1-2-13-12(16)15-10-6-5-9-4-3-7-14-11(9)8-10/h5-6,8,14H,2-4,7H2,1H3,(H2,13,15,16). The van der Waals surface area contributed by atoms with Crippen molar-refractivity contribution in [3.63, 3.8) is 0 Å². The van der Waals surface area contributed by atoms with Crippen molar-refractivity contribution in [1.82, 2.24) is 5.32 Å². The van der Waals surface area contributed by atoms with E-state index in [9.17, 15) is 4.79 Å². The fraction of sp³-hybridized carbons (Fsp3) is 0.417. The molecule has 0 aromatic heterocycles. The lowest BCUT2D eigenvalue weighted by molar-refractivity contribution is 0.252. The molecule has 4 heteroatoms. The average Bonchev–Trinajstić information content (AvgIpc) is 2.29. The number of hydrogen-bond acceptors (Lipinski definition) is 2. The van der Waals surface area contributed by atoms with Crippen LogP contribution in [0.1, 0.15) is 18.9 Å². The number of anilines is 2. The van der Waals surface area contributed by atoms with Gasteiger partial charge >= 0.3 is 6.03 Å². The van der Waals surface area contributed by atoms with Gasteiger partial charge in [-0.1, -0.05) is 6.07 Å². The molecule has 0 spiro atoms. The summed E-state index contributed by atoms with van der Waals surface area (Å²) >= 11 is 0. The number of rotatable bonds is 2. The Balaban J connectivity index is 2.08. The Bertz CT molecular complexity index is 390. The monoisotopic (exact) mass is 219 g/mol. The van der Waals surface area contributed by atoms with Gasteiger partial charge in [0.1, 0.15) is 0 Å². The molecule has 0 atom stereocenters. The summed E-state index contributed by atoms with van der Waals surface area (Å²) in [6, 6.07) is 5.85. The van der Waals surface area contributed by atoms with Crippen LogP contribution in [0, 0.1) is 0 Å². The maximum Gasteiger partial charge on any atom is 0.319 e. The summed E-state index contributed by atoms with van der Waals surface area (Å²) in [5.41, 5.74) is 3.30. The minimum Gasteiger partial charge on any atom is -0.385 e. The van der Waals surface area contributed by atoms with Crippen LogP contribution in [0.3, 0.4) is 0 Å². The highest BCUT2D eigenvalue weighted by molar-refractivity contribution is 5.90.